The highest BCUT2D eigenvalue weighted by atomic mass is 79.9. The fraction of sp³-hybridized carbons (Fsp3) is 0.100. The lowest BCUT2D eigenvalue weighted by Gasteiger charge is -2.12. The Kier molecular flexibility index (Phi) is 5.85. The number of carbonyl (C=O) groups excluding carboxylic acids is 1. The minimum Gasteiger partial charge on any atom is -0.493 e. The van der Waals surface area contributed by atoms with Crippen molar-refractivity contribution >= 4 is 55.6 Å². The van der Waals surface area contributed by atoms with Crippen molar-refractivity contribution in [1.82, 2.24) is 5.32 Å². The summed E-state index contributed by atoms with van der Waals surface area (Å²) in [6.07, 6.45) is 0. The van der Waals surface area contributed by atoms with Crippen LogP contribution in [-0.4, -0.2) is 17.6 Å². The zero-order valence-electron chi connectivity index (χ0n) is 14.1. The SMILES string of the molecule is CCOc1ccc(C(=O)NC(=S)Nc2cccc3ccccc23)cc1Br. The Bertz CT molecular complexity index is 970. The number of anilines is 1. The lowest BCUT2D eigenvalue weighted by molar-refractivity contribution is 0.0977. The molecule has 132 valence electrons. The number of ether oxygens (including phenoxy) is 1. The summed E-state index contributed by atoms with van der Waals surface area (Å²) in [4.78, 5) is 12.4. The highest BCUT2D eigenvalue weighted by Gasteiger charge is 2.11. The van der Waals surface area contributed by atoms with Gasteiger partial charge < -0.3 is 10.1 Å². The second-order valence-electron chi connectivity index (χ2n) is 5.51. The minimum absolute atomic E-state index is 0.247. The van der Waals surface area contributed by atoms with Crippen LogP contribution in [0, 0.1) is 0 Å². The number of halogens is 1. The second kappa shape index (κ2) is 8.29. The van der Waals surface area contributed by atoms with E-state index in [0.29, 0.717) is 17.9 Å². The van der Waals surface area contributed by atoms with Crippen LogP contribution >= 0.6 is 28.1 Å². The molecule has 0 radical (unpaired) electrons. The highest BCUT2D eigenvalue weighted by molar-refractivity contribution is 9.10. The number of fused-ring (bicyclic) bond motifs is 1. The average Bonchev–Trinajstić information content (AvgIpc) is 2.63. The first-order valence-electron chi connectivity index (χ1n) is 8.11. The number of hydrogen-bond acceptors (Lipinski definition) is 3. The van der Waals surface area contributed by atoms with Gasteiger partial charge in [-0.15, -0.1) is 0 Å². The summed E-state index contributed by atoms with van der Waals surface area (Å²) >= 11 is 8.71. The van der Waals surface area contributed by atoms with E-state index in [1.54, 1.807) is 18.2 Å². The topological polar surface area (TPSA) is 50.4 Å². The first-order valence-corrected chi connectivity index (χ1v) is 9.31. The molecule has 0 atom stereocenters. The Balaban J connectivity index is 1.71. The molecule has 0 unspecified atom stereocenters. The van der Waals surface area contributed by atoms with Crippen molar-refractivity contribution in [2.75, 3.05) is 11.9 Å². The lowest BCUT2D eigenvalue weighted by Crippen LogP contribution is -2.34. The Hall–Kier alpha value is -2.44. The maximum Gasteiger partial charge on any atom is 0.257 e. The van der Waals surface area contributed by atoms with E-state index in [2.05, 4.69) is 26.6 Å². The van der Waals surface area contributed by atoms with Gasteiger partial charge in [-0.05, 0) is 64.7 Å². The molecule has 0 saturated carbocycles. The predicted molar refractivity (Wildman–Crippen MR) is 113 cm³/mol. The summed E-state index contributed by atoms with van der Waals surface area (Å²) in [5, 5.41) is 8.19. The van der Waals surface area contributed by atoms with E-state index >= 15 is 0 Å². The van der Waals surface area contributed by atoms with Crippen molar-refractivity contribution in [3.8, 4) is 5.75 Å². The Morgan fingerprint density at radius 2 is 1.88 bits per heavy atom. The fourth-order valence-corrected chi connectivity index (χ4v) is 3.27. The molecule has 0 aliphatic heterocycles. The normalized spacial score (nSPS) is 10.4. The molecule has 3 aromatic rings. The number of benzene rings is 3. The van der Waals surface area contributed by atoms with Gasteiger partial charge in [-0.2, -0.15) is 0 Å². The fourth-order valence-electron chi connectivity index (χ4n) is 2.58. The molecule has 3 aromatic carbocycles. The molecule has 1 amide bonds. The number of thiocarbonyl (C=S) groups is 1. The van der Waals surface area contributed by atoms with Crippen LogP contribution in [0.25, 0.3) is 10.8 Å². The van der Waals surface area contributed by atoms with Gasteiger partial charge in [0.05, 0.1) is 11.1 Å². The quantitative estimate of drug-likeness (QED) is 0.565. The first-order chi connectivity index (χ1) is 12.6. The van der Waals surface area contributed by atoms with Gasteiger partial charge in [-0.1, -0.05) is 36.4 Å². The number of nitrogens with one attached hydrogen (secondary N) is 2. The zero-order valence-corrected chi connectivity index (χ0v) is 16.5. The van der Waals surface area contributed by atoms with Crippen molar-refractivity contribution < 1.29 is 9.53 Å². The molecule has 6 heteroatoms. The van der Waals surface area contributed by atoms with Crippen LogP contribution in [0.15, 0.2) is 65.1 Å². The van der Waals surface area contributed by atoms with E-state index in [1.807, 2.05) is 49.4 Å². The number of hydrogen-bond donors (Lipinski definition) is 2. The molecule has 0 bridgehead atoms. The third-order valence-electron chi connectivity index (χ3n) is 3.76. The molecule has 2 N–H and O–H groups in total. The third kappa shape index (κ3) is 4.20. The monoisotopic (exact) mass is 428 g/mol. The summed E-state index contributed by atoms with van der Waals surface area (Å²) in [6, 6.07) is 19.0. The van der Waals surface area contributed by atoms with Gasteiger partial charge in [0.2, 0.25) is 0 Å². The molecule has 0 heterocycles. The third-order valence-corrected chi connectivity index (χ3v) is 4.58. The number of amides is 1. The van der Waals surface area contributed by atoms with Crippen LogP contribution in [0.1, 0.15) is 17.3 Å². The maximum atomic E-state index is 12.4. The molecule has 4 nitrogen and oxygen atoms in total. The van der Waals surface area contributed by atoms with E-state index in [9.17, 15) is 4.79 Å². The molecule has 0 saturated heterocycles. The molecule has 0 aromatic heterocycles. The summed E-state index contributed by atoms with van der Waals surface area (Å²) in [5.74, 6) is 0.409. The molecular weight excluding hydrogens is 412 g/mol. The summed E-state index contributed by atoms with van der Waals surface area (Å²) < 4.78 is 6.18. The zero-order chi connectivity index (χ0) is 18.5. The average molecular weight is 429 g/mol. The van der Waals surface area contributed by atoms with Gasteiger partial charge in [0.25, 0.3) is 5.91 Å². The van der Waals surface area contributed by atoms with Gasteiger partial charge in [-0.25, -0.2) is 0 Å². The van der Waals surface area contributed by atoms with Crippen LogP contribution in [-0.2, 0) is 0 Å². The van der Waals surface area contributed by atoms with Crippen LogP contribution in [0.2, 0.25) is 0 Å². The lowest BCUT2D eigenvalue weighted by atomic mass is 10.1. The molecule has 0 aliphatic rings. The van der Waals surface area contributed by atoms with E-state index in [1.165, 1.54) is 0 Å². The van der Waals surface area contributed by atoms with Crippen molar-refractivity contribution in [2.45, 2.75) is 6.92 Å². The van der Waals surface area contributed by atoms with Crippen molar-refractivity contribution in [1.29, 1.82) is 0 Å². The van der Waals surface area contributed by atoms with Gasteiger partial charge in [0.15, 0.2) is 5.11 Å². The molecular formula is C20H17BrN2O2S. The second-order valence-corrected chi connectivity index (χ2v) is 6.78. The summed E-state index contributed by atoms with van der Waals surface area (Å²) in [5.41, 5.74) is 1.34. The van der Waals surface area contributed by atoms with E-state index in [4.69, 9.17) is 17.0 Å². The van der Waals surface area contributed by atoms with E-state index < -0.39 is 0 Å². The maximum absolute atomic E-state index is 12.4. The molecule has 3 rings (SSSR count). The van der Waals surface area contributed by atoms with Gasteiger partial charge in [-0.3, -0.25) is 10.1 Å². The first kappa shape index (κ1) is 18.4. The molecule has 0 aliphatic carbocycles. The van der Waals surface area contributed by atoms with Crippen LogP contribution in [0.5, 0.6) is 5.75 Å². The molecule has 0 fully saturated rings. The highest BCUT2D eigenvalue weighted by Crippen LogP contribution is 2.26. The largest absolute Gasteiger partial charge is 0.493 e. The Morgan fingerprint density at radius 1 is 1.12 bits per heavy atom. The summed E-state index contributed by atoms with van der Waals surface area (Å²) in [6.45, 7) is 2.47. The number of rotatable bonds is 4. The van der Waals surface area contributed by atoms with Gasteiger partial charge in [0, 0.05) is 16.6 Å². The summed E-state index contributed by atoms with van der Waals surface area (Å²) in [7, 11) is 0. The number of carbonyl (C=O) groups is 1. The van der Waals surface area contributed by atoms with Gasteiger partial charge >= 0.3 is 0 Å². The van der Waals surface area contributed by atoms with Crippen molar-refractivity contribution in [3.05, 3.63) is 70.7 Å². The minimum atomic E-state index is -0.286. The predicted octanol–water partition coefficient (Wildman–Crippen LogP) is 5.13. The Morgan fingerprint density at radius 3 is 2.65 bits per heavy atom. The molecule has 26 heavy (non-hydrogen) atoms. The van der Waals surface area contributed by atoms with Crippen LogP contribution < -0.4 is 15.4 Å². The standard InChI is InChI=1S/C20H17BrN2O2S/c1-2-25-18-11-10-14(12-16(18)21)19(24)23-20(26)22-17-9-5-7-13-6-3-4-8-15(13)17/h3-12H,2H2,1H3,(H2,22,23,24,26). The van der Waals surface area contributed by atoms with Crippen LogP contribution in [0.3, 0.4) is 0 Å². The molecule has 0 spiro atoms. The van der Waals surface area contributed by atoms with Gasteiger partial charge in [0.1, 0.15) is 5.75 Å². The smallest absolute Gasteiger partial charge is 0.257 e. The Labute approximate surface area is 165 Å². The van der Waals surface area contributed by atoms with Crippen molar-refractivity contribution in [3.63, 3.8) is 0 Å². The van der Waals surface area contributed by atoms with Crippen LogP contribution in [0.4, 0.5) is 5.69 Å². The van der Waals surface area contributed by atoms with Crippen molar-refractivity contribution in [2.24, 2.45) is 0 Å². The van der Waals surface area contributed by atoms with E-state index in [0.717, 1.165) is 20.9 Å². The van der Waals surface area contributed by atoms with E-state index in [-0.39, 0.29) is 11.0 Å².